The molecule has 2 amide bonds. The van der Waals surface area contributed by atoms with Crippen molar-refractivity contribution < 1.29 is 19.4 Å². The lowest BCUT2D eigenvalue weighted by Crippen LogP contribution is -2.28. The van der Waals surface area contributed by atoms with Crippen molar-refractivity contribution in [1.82, 2.24) is 10.3 Å². The zero-order chi connectivity index (χ0) is 16.8. The molecule has 0 unspecified atom stereocenters. The Balaban J connectivity index is 1.89. The summed E-state index contributed by atoms with van der Waals surface area (Å²) in [4.78, 5) is 26.9. The number of nitrogens with one attached hydrogen (secondary N) is 2. The summed E-state index contributed by atoms with van der Waals surface area (Å²) in [7, 11) is 1.56. The van der Waals surface area contributed by atoms with Crippen molar-refractivity contribution >= 4 is 28.3 Å². The first-order valence-corrected chi connectivity index (χ1v) is 7.71. The van der Waals surface area contributed by atoms with Crippen LogP contribution in [0.1, 0.15) is 29.1 Å². The van der Waals surface area contributed by atoms with Gasteiger partial charge in [-0.15, -0.1) is 11.3 Å². The number of anilines is 1. The number of hydrogen-bond acceptors (Lipinski definition) is 6. The number of benzene rings is 1. The van der Waals surface area contributed by atoms with E-state index in [1.807, 2.05) is 0 Å². The Morgan fingerprint density at radius 1 is 1.35 bits per heavy atom. The Kier molecular flexibility index (Phi) is 5.67. The molecule has 0 aliphatic carbocycles. The number of thiazole rings is 1. The first-order chi connectivity index (χ1) is 11.0. The summed E-state index contributed by atoms with van der Waals surface area (Å²) in [5.74, 6) is 0.0320. The van der Waals surface area contributed by atoms with Crippen molar-refractivity contribution in [3.8, 4) is 5.75 Å². The van der Waals surface area contributed by atoms with E-state index in [1.54, 1.807) is 36.8 Å². The molecular weight excluding hydrogens is 318 g/mol. The molecule has 0 radical (unpaired) electrons. The minimum atomic E-state index is -0.835. The molecule has 0 saturated heterocycles. The topological polar surface area (TPSA) is 101 Å². The molecule has 122 valence electrons. The van der Waals surface area contributed by atoms with Crippen LogP contribution in [0.4, 0.5) is 5.13 Å². The van der Waals surface area contributed by atoms with Gasteiger partial charge in [0.15, 0.2) is 5.13 Å². The number of amides is 2. The second kappa shape index (κ2) is 7.70. The molecule has 1 aromatic heterocycles. The van der Waals surface area contributed by atoms with E-state index in [1.165, 1.54) is 6.92 Å². The lowest BCUT2D eigenvalue weighted by Gasteiger charge is -2.12. The summed E-state index contributed by atoms with van der Waals surface area (Å²) in [6.45, 7) is 1.42. The molecule has 1 atom stereocenters. The fraction of sp³-hybridized carbons (Fsp3) is 0.267. The third kappa shape index (κ3) is 4.76. The highest BCUT2D eigenvalue weighted by atomic mass is 32.1. The minimum Gasteiger partial charge on any atom is -0.497 e. The van der Waals surface area contributed by atoms with Gasteiger partial charge in [-0.3, -0.25) is 9.59 Å². The zero-order valence-corrected chi connectivity index (χ0v) is 13.5. The number of nitrogens with zero attached hydrogens (tertiary/aromatic N) is 1. The molecule has 2 rings (SSSR count). The monoisotopic (exact) mass is 335 g/mol. The molecule has 1 heterocycles. The van der Waals surface area contributed by atoms with Crippen molar-refractivity contribution in [2.24, 2.45) is 0 Å². The van der Waals surface area contributed by atoms with E-state index in [4.69, 9.17) is 4.74 Å². The quantitative estimate of drug-likeness (QED) is 0.744. The highest BCUT2D eigenvalue weighted by molar-refractivity contribution is 7.14. The molecule has 0 aliphatic heterocycles. The molecule has 3 N–H and O–H groups in total. The highest BCUT2D eigenvalue weighted by Crippen LogP contribution is 2.18. The van der Waals surface area contributed by atoms with Crippen LogP contribution in [-0.2, 0) is 4.79 Å². The fourth-order valence-electron chi connectivity index (χ4n) is 1.81. The molecule has 0 fully saturated rings. The average molecular weight is 335 g/mol. The number of carbonyl (C=O) groups is 2. The van der Waals surface area contributed by atoms with Gasteiger partial charge in [0, 0.05) is 18.8 Å². The maximum atomic E-state index is 12.0. The summed E-state index contributed by atoms with van der Waals surface area (Å²) in [5.41, 5.74) is 0.865. The smallest absolute Gasteiger partial charge is 0.270 e. The zero-order valence-electron chi connectivity index (χ0n) is 12.7. The van der Waals surface area contributed by atoms with Gasteiger partial charge in [0.2, 0.25) is 5.91 Å². The molecular formula is C15H17N3O4S. The van der Waals surface area contributed by atoms with E-state index in [0.29, 0.717) is 16.4 Å². The molecule has 2 aromatic rings. The maximum absolute atomic E-state index is 12.0. The van der Waals surface area contributed by atoms with Crippen molar-refractivity contribution in [3.63, 3.8) is 0 Å². The number of aliphatic hydroxyl groups is 1. The van der Waals surface area contributed by atoms with Crippen LogP contribution < -0.4 is 15.4 Å². The third-order valence-electron chi connectivity index (χ3n) is 2.98. The van der Waals surface area contributed by atoms with Gasteiger partial charge in [0.25, 0.3) is 5.91 Å². The SMILES string of the molecule is COc1ccc([C@@H](O)CNC(=O)c2csc(NC(C)=O)n2)cc1. The largest absolute Gasteiger partial charge is 0.497 e. The number of ether oxygens (including phenoxy) is 1. The number of methoxy groups -OCH3 is 1. The van der Waals surface area contributed by atoms with Gasteiger partial charge in [-0.2, -0.15) is 0 Å². The number of hydrogen-bond donors (Lipinski definition) is 3. The first kappa shape index (κ1) is 16.9. The van der Waals surface area contributed by atoms with Gasteiger partial charge in [0.1, 0.15) is 11.4 Å². The van der Waals surface area contributed by atoms with Gasteiger partial charge in [-0.25, -0.2) is 4.98 Å². The third-order valence-corrected chi connectivity index (χ3v) is 3.73. The summed E-state index contributed by atoms with van der Waals surface area (Å²) >= 11 is 1.16. The molecule has 0 bridgehead atoms. The van der Waals surface area contributed by atoms with Gasteiger partial charge in [-0.1, -0.05) is 12.1 Å². The first-order valence-electron chi connectivity index (χ1n) is 6.83. The van der Waals surface area contributed by atoms with E-state index in [0.717, 1.165) is 11.3 Å². The number of carbonyl (C=O) groups excluding carboxylic acids is 2. The molecule has 23 heavy (non-hydrogen) atoms. The van der Waals surface area contributed by atoms with Crippen molar-refractivity contribution in [2.45, 2.75) is 13.0 Å². The van der Waals surface area contributed by atoms with Crippen LogP contribution in [0.5, 0.6) is 5.75 Å². The minimum absolute atomic E-state index is 0.0537. The van der Waals surface area contributed by atoms with E-state index < -0.39 is 12.0 Å². The van der Waals surface area contributed by atoms with E-state index in [2.05, 4.69) is 15.6 Å². The summed E-state index contributed by atoms with van der Waals surface area (Å²) in [6.07, 6.45) is -0.835. The van der Waals surface area contributed by atoms with Gasteiger partial charge in [0.05, 0.1) is 13.2 Å². The lowest BCUT2D eigenvalue weighted by atomic mass is 10.1. The molecule has 8 heteroatoms. The Hall–Kier alpha value is -2.45. The molecule has 0 saturated carbocycles. The Morgan fingerprint density at radius 3 is 2.65 bits per heavy atom. The summed E-state index contributed by atoms with van der Waals surface area (Å²) in [6, 6.07) is 6.93. The highest BCUT2D eigenvalue weighted by Gasteiger charge is 2.14. The number of aliphatic hydroxyl groups excluding tert-OH is 1. The second-order valence-electron chi connectivity index (χ2n) is 4.72. The van der Waals surface area contributed by atoms with E-state index in [9.17, 15) is 14.7 Å². The lowest BCUT2D eigenvalue weighted by molar-refractivity contribution is -0.114. The Morgan fingerprint density at radius 2 is 2.04 bits per heavy atom. The predicted octanol–water partition coefficient (Wildman–Crippen LogP) is 1.57. The van der Waals surface area contributed by atoms with Crippen LogP contribution in [0.2, 0.25) is 0 Å². The summed E-state index contributed by atoms with van der Waals surface area (Å²) < 4.78 is 5.05. The average Bonchev–Trinajstić information content (AvgIpc) is 3.00. The standard InChI is InChI=1S/C15H17N3O4S/c1-9(19)17-15-18-12(8-23-15)14(21)16-7-13(20)10-3-5-11(22-2)6-4-10/h3-6,8,13,20H,7H2,1-2H3,(H,16,21)(H,17,18,19)/t13-/m0/s1. The normalized spacial score (nSPS) is 11.6. The summed E-state index contributed by atoms with van der Waals surface area (Å²) in [5, 5.41) is 17.1. The van der Waals surface area contributed by atoms with Crippen LogP contribution in [0.25, 0.3) is 0 Å². The van der Waals surface area contributed by atoms with Crippen molar-refractivity contribution in [2.75, 3.05) is 19.0 Å². The van der Waals surface area contributed by atoms with Gasteiger partial charge < -0.3 is 20.5 Å². The molecule has 1 aromatic carbocycles. The van der Waals surface area contributed by atoms with Crippen LogP contribution >= 0.6 is 11.3 Å². The van der Waals surface area contributed by atoms with E-state index in [-0.39, 0.29) is 18.1 Å². The fourth-order valence-corrected chi connectivity index (χ4v) is 2.55. The number of aromatic nitrogens is 1. The van der Waals surface area contributed by atoms with Crippen molar-refractivity contribution in [1.29, 1.82) is 0 Å². The van der Waals surface area contributed by atoms with Crippen LogP contribution in [0.15, 0.2) is 29.6 Å². The second-order valence-corrected chi connectivity index (χ2v) is 5.58. The van der Waals surface area contributed by atoms with Crippen LogP contribution in [0, 0.1) is 0 Å². The number of rotatable bonds is 6. The predicted molar refractivity (Wildman–Crippen MR) is 86.7 cm³/mol. The van der Waals surface area contributed by atoms with Gasteiger partial charge >= 0.3 is 0 Å². The van der Waals surface area contributed by atoms with Crippen LogP contribution in [0.3, 0.4) is 0 Å². The Labute approximate surface area is 137 Å². The van der Waals surface area contributed by atoms with Crippen LogP contribution in [-0.4, -0.2) is 35.6 Å². The van der Waals surface area contributed by atoms with Crippen molar-refractivity contribution in [3.05, 3.63) is 40.9 Å². The molecule has 0 aliphatic rings. The maximum Gasteiger partial charge on any atom is 0.270 e. The van der Waals surface area contributed by atoms with E-state index >= 15 is 0 Å². The van der Waals surface area contributed by atoms with Gasteiger partial charge in [-0.05, 0) is 17.7 Å². The molecule has 0 spiro atoms. The Bertz CT molecular complexity index is 684. The molecule has 7 nitrogen and oxygen atoms in total.